The molecular formula is C12H18N4. The number of nitrogens with one attached hydrogen (secondary N) is 1. The van der Waals surface area contributed by atoms with E-state index in [9.17, 15) is 0 Å². The molecule has 1 fully saturated rings. The van der Waals surface area contributed by atoms with E-state index in [0.29, 0.717) is 6.04 Å². The molecule has 0 amide bonds. The van der Waals surface area contributed by atoms with Gasteiger partial charge in [0, 0.05) is 30.9 Å². The Morgan fingerprint density at radius 1 is 1.62 bits per heavy atom. The van der Waals surface area contributed by atoms with Crippen LogP contribution in [0.4, 0.5) is 0 Å². The number of hydrogen-bond acceptors (Lipinski definition) is 3. The van der Waals surface area contributed by atoms with E-state index >= 15 is 0 Å². The number of hydrogen-bond donors (Lipinski definition) is 1. The monoisotopic (exact) mass is 218 g/mol. The first-order valence-corrected chi connectivity index (χ1v) is 5.85. The molecule has 0 spiro atoms. The zero-order chi connectivity index (χ0) is 11.5. The molecule has 1 aromatic heterocycles. The average Bonchev–Trinajstić information content (AvgIpc) is 2.86. The fourth-order valence-corrected chi connectivity index (χ4v) is 2.40. The van der Waals surface area contributed by atoms with Gasteiger partial charge in [-0.2, -0.15) is 10.4 Å². The van der Waals surface area contributed by atoms with Gasteiger partial charge in [0.05, 0.1) is 18.2 Å². The number of nitriles is 1. The van der Waals surface area contributed by atoms with E-state index in [4.69, 9.17) is 5.26 Å². The van der Waals surface area contributed by atoms with Gasteiger partial charge in [-0.15, -0.1) is 0 Å². The summed E-state index contributed by atoms with van der Waals surface area (Å²) >= 11 is 0. The van der Waals surface area contributed by atoms with Crippen molar-refractivity contribution in [1.82, 2.24) is 15.1 Å². The van der Waals surface area contributed by atoms with Gasteiger partial charge in [-0.3, -0.25) is 4.68 Å². The highest BCUT2D eigenvalue weighted by molar-refractivity contribution is 5.10. The Morgan fingerprint density at radius 2 is 2.44 bits per heavy atom. The van der Waals surface area contributed by atoms with Crippen LogP contribution >= 0.6 is 0 Å². The van der Waals surface area contributed by atoms with Crippen molar-refractivity contribution >= 4 is 0 Å². The summed E-state index contributed by atoms with van der Waals surface area (Å²) in [5.41, 5.74) is 1.19. The lowest BCUT2D eigenvalue weighted by atomic mass is 10.0. The second-order valence-corrected chi connectivity index (χ2v) is 4.61. The SMILES string of the molecule is CC(NC1CCCC1C#N)c1cnn(C)c1. The molecule has 1 aliphatic carbocycles. The van der Waals surface area contributed by atoms with Crippen LogP contribution in [0.3, 0.4) is 0 Å². The summed E-state index contributed by atoms with van der Waals surface area (Å²) in [6.07, 6.45) is 7.22. The maximum Gasteiger partial charge on any atom is 0.0672 e. The number of aryl methyl sites for hydroxylation is 1. The lowest BCUT2D eigenvalue weighted by Gasteiger charge is -2.20. The van der Waals surface area contributed by atoms with Crippen LogP contribution in [0.25, 0.3) is 0 Å². The van der Waals surface area contributed by atoms with Gasteiger partial charge in [-0.1, -0.05) is 6.42 Å². The second kappa shape index (κ2) is 4.67. The maximum absolute atomic E-state index is 9.02. The third-order valence-corrected chi connectivity index (χ3v) is 3.37. The summed E-state index contributed by atoms with van der Waals surface area (Å²) in [6.45, 7) is 2.13. The van der Waals surface area contributed by atoms with Crippen molar-refractivity contribution in [2.24, 2.45) is 13.0 Å². The van der Waals surface area contributed by atoms with Gasteiger partial charge in [0.25, 0.3) is 0 Å². The highest BCUT2D eigenvalue weighted by Crippen LogP contribution is 2.27. The van der Waals surface area contributed by atoms with E-state index in [1.54, 1.807) is 0 Å². The standard InChI is InChI=1S/C12H18N4/c1-9(11-7-14-16(2)8-11)15-12-5-3-4-10(12)6-13/h7-10,12,15H,3-5H2,1-2H3. The molecule has 3 unspecified atom stereocenters. The molecule has 1 saturated carbocycles. The van der Waals surface area contributed by atoms with Crippen LogP contribution < -0.4 is 5.32 Å². The molecule has 1 aromatic rings. The Bertz CT molecular complexity index is 390. The van der Waals surface area contributed by atoms with Crippen molar-refractivity contribution in [2.45, 2.75) is 38.3 Å². The Kier molecular flexibility index (Phi) is 3.25. The number of aromatic nitrogens is 2. The van der Waals surface area contributed by atoms with Gasteiger partial charge >= 0.3 is 0 Å². The molecule has 86 valence electrons. The third-order valence-electron chi connectivity index (χ3n) is 3.37. The molecule has 1 N–H and O–H groups in total. The van der Waals surface area contributed by atoms with Crippen LogP contribution in [-0.2, 0) is 7.05 Å². The summed E-state index contributed by atoms with van der Waals surface area (Å²) in [5.74, 6) is 0.180. The van der Waals surface area contributed by atoms with E-state index in [-0.39, 0.29) is 12.0 Å². The molecular weight excluding hydrogens is 200 g/mol. The first-order valence-electron chi connectivity index (χ1n) is 5.85. The molecule has 16 heavy (non-hydrogen) atoms. The van der Waals surface area contributed by atoms with Crippen molar-refractivity contribution in [2.75, 3.05) is 0 Å². The molecule has 2 rings (SSSR count). The van der Waals surface area contributed by atoms with E-state index < -0.39 is 0 Å². The minimum absolute atomic E-state index is 0.180. The molecule has 4 nitrogen and oxygen atoms in total. The van der Waals surface area contributed by atoms with Gasteiger partial charge in [-0.25, -0.2) is 0 Å². The van der Waals surface area contributed by atoms with Crippen LogP contribution in [0.5, 0.6) is 0 Å². The lowest BCUT2D eigenvalue weighted by Crippen LogP contribution is -2.33. The van der Waals surface area contributed by atoms with Gasteiger partial charge in [-0.05, 0) is 19.8 Å². The minimum atomic E-state index is 0.180. The van der Waals surface area contributed by atoms with Crippen LogP contribution in [0.15, 0.2) is 12.4 Å². The van der Waals surface area contributed by atoms with Gasteiger partial charge < -0.3 is 5.32 Å². The summed E-state index contributed by atoms with van der Waals surface area (Å²) < 4.78 is 1.81. The summed E-state index contributed by atoms with van der Waals surface area (Å²) in [4.78, 5) is 0. The topological polar surface area (TPSA) is 53.6 Å². The first-order chi connectivity index (χ1) is 7.70. The fraction of sp³-hybridized carbons (Fsp3) is 0.667. The van der Waals surface area contributed by atoms with Crippen LogP contribution in [-0.4, -0.2) is 15.8 Å². The van der Waals surface area contributed by atoms with Gasteiger partial charge in [0.1, 0.15) is 0 Å². The predicted octanol–water partition coefficient (Wildman–Crippen LogP) is 1.76. The quantitative estimate of drug-likeness (QED) is 0.841. The Hall–Kier alpha value is -1.34. The van der Waals surface area contributed by atoms with Crippen molar-refractivity contribution in [3.05, 3.63) is 18.0 Å². The minimum Gasteiger partial charge on any atom is -0.306 e. The molecule has 0 aromatic carbocycles. The molecule has 1 heterocycles. The second-order valence-electron chi connectivity index (χ2n) is 4.61. The summed E-state index contributed by atoms with van der Waals surface area (Å²) in [6, 6.07) is 3.01. The third kappa shape index (κ3) is 2.25. The first kappa shape index (κ1) is 11.2. The Morgan fingerprint density at radius 3 is 3.06 bits per heavy atom. The highest BCUT2D eigenvalue weighted by atomic mass is 15.2. The number of rotatable bonds is 3. The van der Waals surface area contributed by atoms with Crippen molar-refractivity contribution < 1.29 is 0 Å². The van der Waals surface area contributed by atoms with Crippen LogP contribution in [0.1, 0.15) is 37.8 Å². The Labute approximate surface area is 96.3 Å². The molecule has 3 atom stereocenters. The van der Waals surface area contributed by atoms with Crippen molar-refractivity contribution in [3.63, 3.8) is 0 Å². The summed E-state index contributed by atoms with van der Waals surface area (Å²) in [5, 5.41) is 16.7. The van der Waals surface area contributed by atoms with E-state index in [0.717, 1.165) is 19.3 Å². The highest BCUT2D eigenvalue weighted by Gasteiger charge is 2.28. The van der Waals surface area contributed by atoms with Crippen LogP contribution in [0.2, 0.25) is 0 Å². The van der Waals surface area contributed by atoms with Crippen molar-refractivity contribution in [1.29, 1.82) is 5.26 Å². The largest absolute Gasteiger partial charge is 0.306 e. The maximum atomic E-state index is 9.02. The Balaban J connectivity index is 1.97. The summed E-state index contributed by atoms with van der Waals surface area (Å²) in [7, 11) is 1.92. The van der Waals surface area contributed by atoms with Gasteiger partial charge in [0.2, 0.25) is 0 Å². The van der Waals surface area contributed by atoms with Crippen molar-refractivity contribution in [3.8, 4) is 6.07 Å². The molecule has 0 saturated heterocycles. The lowest BCUT2D eigenvalue weighted by molar-refractivity contribution is 0.417. The average molecular weight is 218 g/mol. The smallest absolute Gasteiger partial charge is 0.0672 e. The zero-order valence-electron chi connectivity index (χ0n) is 9.85. The molecule has 0 bridgehead atoms. The van der Waals surface area contributed by atoms with E-state index in [2.05, 4.69) is 23.4 Å². The van der Waals surface area contributed by atoms with E-state index in [1.165, 1.54) is 5.56 Å². The normalized spacial score (nSPS) is 26.6. The molecule has 4 heteroatoms. The van der Waals surface area contributed by atoms with Crippen LogP contribution in [0, 0.1) is 17.2 Å². The molecule has 0 aliphatic heterocycles. The fourth-order valence-electron chi connectivity index (χ4n) is 2.40. The number of nitrogens with zero attached hydrogens (tertiary/aromatic N) is 3. The molecule has 0 radical (unpaired) electrons. The molecule has 1 aliphatic rings. The van der Waals surface area contributed by atoms with E-state index in [1.807, 2.05) is 24.1 Å². The predicted molar refractivity (Wildman–Crippen MR) is 61.5 cm³/mol. The van der Waals surface area contributed by atoms with Gasteiger partial charge in [0.15, 0.2) is 0 Å². The zero-order valence-corrected chi connectivity index (χ0v) is 9.85.